The van der Waals surface area contributed by atoms with E-state index in [1.165, 1.54) is 0 Å². The lowest BCUT2D eigenvalue weighted by Crippen LogP contribution is -1.95. The number of phenols is 1. The molecule has 0 saturated carbocycles. The van der Waals surface area contributed by atoms with Crippen molar-refractivity contribution in [1.82, 2.24) is 10.1 Å². The SMILES string of the molecule is Cc1cc(Br)cc(-c2noc(CN)n2)c1O. The topological polar surface area (TPSA) is 85.2 Å². The Hall–Kier alpha value is -1.40. The number of halogens is 1. The first-order valence-electron chi connectivity index (χ1n) is 4.64. The van der Waals surface area contributed by atoms with Gasteiger partial charge in [-0.2, -0.15) is 4.98 Å². The summed E-state index contributed by atoms with van der Waals surface area (Å²) >= 11 is 3.35. The lowest BCUT2D eigenvalue weighted by molar-refractivity contribution is 0.380. The van der Waals surface area contributed by atoms with Gasteiger partial charge >= 0.3 is 0 Å². The summed E-state index contributed by atoms with van der Waals surface area (Å²) in [5, 5.41) is 13.6. The largest absolute Gasteiger partial charge is 0.507 e. The highest BCUT2D eigenvalue weighted by molar-refractivity contribution is 9.10. The number of rotatable bonds is 2. The lowest BCUT2D eigenvalue weighted by Gasteiger charge is -2.04. The van der Waals surface area contributed by atoms with Crippen LogP contribution in [-0.2, 0) is 6.54 Å². The van der Waals surface area contributed by atoms with Crippen molar-refractivity contribution in [2.24, 2.45) is 5.73 Å². The molecule has 0 aliphatic carbocycles. The average molecular weight is 284 g/mol. The van der Waals surface area contributed by atoms with E-state index in [4.69, 9.17) is 10.3 Å². The molecule has 0 fully saturated rings. The summed E-state index contributed by atoms with van der Waals surface area (Å²) in [6.45, 7) is 1.98. The number of aromatic hydroxyl groups is 1. The Morgan fingerprint density at radius 2 is 2.25 bits per heavy atom. The molecule has 1 aromatic heterocycles. The maximum absolute atomic E-state index is 9.88. The second kappa shape index (κ2) is 4.23. The summed E-state index contributed by atoms with van der Waals surface area (Å²) in [5.74, 6) is 0.821. The van der Waals surface area contributed by atoms with E-state index >= 15 is 0 Å². The monoisotopic (exact) mass is 283 g/mol. The molecule has 0 spiro atoms. The Morgan fingerprint density at radius 3 is 2.88 bits per heavy atom. The predicted molar refractivity (Wildman–Crippen MR) is 61.7 cm³/mol. The number of hydrogen-bond acceptors (Lipinski definition) is 5. The lowest BCUT2D eigenvalue weighted by atomic mass is 10.1. The standard InChI is InChI=1S/C10H10BrN3O2/c1-5-2-6(11)3-7(9(5)15)10-13-8(4-12)16-14-10/h2-3,15H,4,12H2,1H3. The first kappa shape index (κ1) is 11.1. The van der Waals surface area contributed by atoms with Crippen LogP contribution in [-0.4, -0.2) is 15.2 Å². The molecule has 0 bridgehead atoms. The zero-order valence-electron chi connectivity index (χ0n) is 8.57. The van der Waals surface area contributed by atoms with Gasteiger partial charge in [-0.05, 0) is 24.6 Å². The van der Waals surface area contributed by atoms with E-state index in [1.807, 2.05) is 6.07 Å². The molecule has 0 unspecified atom stereocenters. The van der Waals surface area contributed by atoms with Crippen LogP contribution >= 0.6 is 15.9 Å². The maximum atomic E-state index is 9.88. The van der Waals surface area contributed by atoms with E-state index in [0.717, 1.165) is 10.0 Å². The van der Waals surface area contributed by atoms with Gasteiger partial charge in [0.05, 0.1) is 12.1 Å². The minimum absolute atomic E-state index is 0.146. The number of aromatic nitrogens is 2. The van der Waals surface area contributed by atoms with Crippen LogP contribution in [0.1, 0.15) is 11.5 Å². The van der Waals surface area contributed by atoms with Gasteiger partial charge < -0.3 is 15.4 Å². The third-order valence-electron chi connectivity index (χ3n) is 2.15. The molecule has 6 heteroatoms. The van der Waals surface area contributed by atoms with Crippen molar-refractivity contribution >= 4 is 15.9 Å². The molecule has 0 atom stereocenters. The Morgan fingerprint density at radius 1 is 1.50 bits per heavy atom. The molecule has 3 N–H and O–H groups in total. The van der Waals surface area contributed by atoms with Crippen LogP contribution in [0.25, 0.3) is 11.4 Å². The van der Waals surface area contributed by atoms with Gasteiger partial charge in [0.25, 0.3) is 0 Å². The first-order chi connectivity index (χ1) is 7.61. The molecule has 1 aromatic carbocycles. The van der Waals surface area contributed by atoms with Crippen LogP contribution in [0, 0.1) is 6.92 Å². The number of nitrogens with zero attached hydrogens (tertiary/aromatic N) is 2. The van der Waals surface area contributed by atoms with E-state index in [0.29, 0.717) is 17.3 Å². The van der Waals surface area contributed by atoms with Gasteiger partial charge in [0.2, 0.25) is 11.7 Å². The highest BCUT2D eigenvalue weighted by atomic mass is 79.9. The molecule has 1 heterocycles. The van der Waals surface area contributed by atoms with Gasteiger partial charge in [0.1, 0.15) is 5.75 Å². The second-order valence-electron chi connectivity index (χ2n) is 3.33. The summed E-state index contributed by atoms with van der Waals surface area (Å²) in [6.07, 6.45) is 0. The summed E-state index contributed by atoms with van der Waals surface area (Å²) in [5.41, 5.74) is 6.63. The number of benzene rings is 1. The van der Waals surface area contributed by atoms with Crippen LogP contribution < -0.4 is 5.73 Å². The highest BCUT2D eigenvalue weighted by Gasteiger charge is 2.14. The normalized spacial score (nSPS) is 10.7. The predicted octanol–water partition coefficient (Wildman–Crippen LogP) is 1.97. The molecular formula is C10H10BrN3O2. The molecule has 84 valence electrons. The molecule has 0 radical (unpaired) electrons. The summed E-state index contributed by atoms with van der Waals surface area (Å²) in [4.78, 5) is 4.06. The van der Waals surface area contributed by atoms with Crippen molar-refractivity contribution in [2.75, 3.05) is 0 Å². The number of hydrogen-bond donors (Lipinski definition) is 2. The number of phenolic OH excluding ortho intramolecular Hbond substituents is 1. The van der Waals surface area contributed by atoms with E-state index < -0.39 is 0 Å². The van der Waals surface area contributed by atoms with E-state index in [9.17, 15) is 5.11 Å². The second-order valence-corrected chi connectivity index (χ2v) is 4.25. The van der Waals surface area contributed by atoms with Crippen LogP contribution in [0.2, 0.25) is 0 Å². The smallest absolute Gasteiger partial charge is 0.240 e. The number of nitrogens with two attached hydrogens (primary N) is 1. The third kappa shape index (κ3) is 1.94. The zero-order chi connectivity index (χ0) is 11.7. The van der Waals surface area contributed by atoms with Crippen molar-refractivity contribution in [3.05, 3.63) is 28.1 Å². The van der Waals surface area contributed by atoms with Gasteiger partial charge in [-0.25, -0.2) is 0 Å². The summed E-state index contributed by atoms with van der Waals surface area (Å²) in [7, 11) is 0. The van der Waals surface area contributed by atoms with E-state index in [2.05, 4.69) is 26.1 Å². The van der Waals surface area contributed by atoms with E-state index in [1.54, 1.807) is 13.0 Å². The average Bonchev–Trinajstić information content (AvgIpc) is 2.71. The van der Waals surface area contributed by atoms with Crippen LogP contribution in [0.4, 0.5) is 0 Å². The highest BCUT2D eigenvalue weighted by Crippen LogP contribution is 2.33. The molecule has 0 saturated heterocycles. The van der Waals surface area contributed by atoms with Crippen molar-refractivity contribution in [2.45, 2.75) is 13.5 Å². The Bertz CT molecular complexity index is 525. The molecule has 0 amide bonds. The third-order valence-corrected chi connectivity index (χ3v) is 2.61. The zero-order valence-corrected chi connectivity index (χ0v) is 10.2. The molecule has 5 nitrogen and oxygen atoms in total. The van der Waals surface area contributed by atoms with E-state index in [-0.39, 0.29) is 12.3 Å². The van der Waals surface area contributed by atoms with Crippen LogP contribution in [0.15, 0.2) is 21.1 Å². The summed E-state index contributed by atoms with van der Waals surface area (Å²) < 4.78 is 5.73. The van der Waals surface area contributed by atoms with Crippen LogP contribution in [0.5, 0.6) is 5.75 Å². The van der Waals surface area contributed by atoms with Gasteiger partial charge in [-0.3, -0.25) is 0 Å². The fourth-order valence-electron chi connectivity index (χ4n) is 1.35. The fraction of sp³-hybridized carbons (Fsp3) is 0.200. The fourth-order valence-corrected chi connectivity index (χ4v) is 1.93. The maximum Gasteiger partial charge on any atom is 0.240 e. The summed E-state index contributed by atoms with van der Waals surface area (Å²) in [6, 6.07) is 3.54. The molecule has 0 aliphatic rings. The minimum atomic E-state index is 0.146. The molecule has 2 aromatic rings. The molecule has 0 aliphatic heterocycles. The number of aryl methyl sites for hydroxylation is 1. The van der Waals surface area contributed by atoms with Crippen molar-refractivity contribution in [1.29, 1.82) is 0 Å². The van der Waals surface area contributed by atoms with Gasteiger partial charge in [-0.15, -0.1) is 0 Å². The van der Waals surface area contributed by atoms with Gasteiger partial charge in [0.15, 0.2) is 0 Å². The minimum Gasteiger partial charge on any atom is -0.507 e. The van der Waals surface area contributed by atoms with Crippen molar-refractivity contribution < 1.29 is 9.63 Å². The molecule has 2 rings (SSSR count). The Labute approximate surface area is 100 Å². The molecular weight excluding hydrogens is 274 g/mol. The Kier molecular flexibility index (Phi) is 2.93. The molecule has 16 heavy (non-hydrogen) atoms. The van der Waals surface area contributed by atoms with Crippen molar-refractivity contribution in [3.63, 3.8) is 0 Å². The Balaban J connectivity index is 2.54. The van der Waals surface area contributed by atoms with Gasteiger partial charge in [0, 0.05) is 4.47 Å². The quantitative estimate of drug-likeness (QED) is 0.880. The first-order valence-corrected chi connectivity index (χ1v) is 5.43. The van der Waals surface area contributed by atoms with Crippen molar-refractivity contribution in [3.8, 4) is 17.1 Å². The van der Waals surface area contributed by atoms with Gasteiger partial charge in [-0.1, -0.05) is 21.1 Å². The van der Waals surface area contributed by atoms with Crippen LogP contribution in [0.3, 0.4) is 0 Å².